The molecule has 4 aromatic rings. The first-order chi connectivity index (χ1) is 21.5. The van der Waals surface area contributed by atoms with E-state index in [-0.39, 0.29) is 12.0 Å². The summed E-state index contributed by atoms with van der Waals surface area (Å²) < 4.78 is 0. The summed E-state index contributed by atoms with van der Waals surface area (Å²) >= 11 is 3.34. The molecule has 5 nitrogen and oxygen atoms in total. The number of thiazole rings is 1. The van der Waals surface area contributed by atoms with E-state index in [0.717, 1.165) is 22.1 Å². The molecule has 45 heavy (non-hydrogen) atoms. The van der Waals surface area contributed by atoms with Crippen LogP contribution in [0, 0.1) is 0 Å². The van der Waals surface area contributed by atoms with Crippen LogP contribution >= 0.6 is 22.7 Å². The Labute approximate surface area is 279 Å². The van der Waals surface area contributed by atoms with Gasteiger partial charge in [0.05, 0.1) is 18.8 Å². The lowest BCUT2D eigenvalue weighted by Crippen LogP contribution is -2.30. The summed E-state index contributed by atoms with van der Waals surface area (Å²) in [5, 5.41) is 12.6. The molecule has 0 aliphatic heterocycles. The number of hydrogen-bond donors (Lipinski definition) is 1. The van der Waals surface area contributed by atoms with Crippen LogP contribution in [-0.2, 0) is 29.8 Å². The van der Waals surface area contributed by atoms with Gasteiger partial charge < -0.3 is 10.0 Å². The van der Waals surface area contributed by atoms with Gasteiger partial charge in [-0.15, -0.1) is 22.7 Å². The van der Waals surface area contributed by atoms with Crippen molar-refractivity contribution in [1.29, 1.82) is 0 Å². The van der Waals surface area contributed by atoms with E-state index >= 15 is 0 Å². The monoisotopic (exact) mass is 645 g/mol. The first kappa shape index (κ1) is 34.9. The minimum absolute atomic E-state index is 0.0144. The molecule has 0 aliphatic carbocycles. The van der Waals surface area contributed by atoms with Crippen LogP contribution in [0.2, 0.25) is 0 Å². The molecule has 0 aliphatic rings. The molecule has 0 saturated carbocycles. The molecule has 0 unspecified atom stereocenters. The number of thiophene rings is 1. The van der Waals surface area contributed by atoms with Gasteiger partial charge in [-0.05, 0) is 73.6 Å². The van der Waals surface area contributed by atoms with Crippen LogP contribution in [0.15, 0.2) is 66.0 Å². The van der Waals surface area contributed by atoms with Crippen molar-refractivity contribution in [2.45, 2.75) is 111 Å². The quantitative estimate of drug-likeness (QED) is 0.131. The number of benzene rings is 2. The van der Waals surface area contributed by atoms with Crippen LogP contribution < -0.4 is 4.90 Å². The van der Waals surface area contributed by atoms with Crippen LogP contribution in [0.1, 0.15) is 107 Å². The number of anilines is 1. The molecule has 0 amide bonds. The highest BCUT2D eigenvalue weighted by Crippen LogP contribution is 2.32. The van der Waals surface area contributed by atoms with Crippen molar-refractivity contribution in [2.75, 3.05) is 11.4 Å². The second-order valence-corrected chi connectivity index (χ2v) is 15.6. The van der Waals surface area contributed by atoms with Crippen molar-refractivity contribution in [3.8, 4) is 10.4 Å². The molecule has 2 aromatic carbocycles. The second kappa shape index (κ2) is 16.0. The number of aromatic nitrogens is 1. The first-order valence-corrected chi connectivity index (χ1v) is 18.1. The first-order valence-electron chi connectivity index (χ1n) is 16.4. The van der Waals surface area contributed by atoms with Crippen LogP contribution in [0.5, 0.6) is 0 Å². The molecule has 7 heteroatoms. The molecule has 242 valence electrons. The lowest BCUT2D eigenvalue weighted by atomic mass is 9.90. The minimum atomic E-state index is -0.821. The molecule has 1 N–H and O–H groups in total. The summed E-state index contributed by atoms with van der Waals surface area (Å²) in [6.07, 6.45) is 4.96. The normalized spacial score (nSPS) is 12.0. The lowest BCUT2D eigenvalue weighted by Gasteiger charge is -2.30. The van der Waals surface area contributed by atoms with E-state index in [9.17, 15) is 9.90 Å². The average Bonchev–Trinajstić information content (AvgIpc) is 3.66. The topological polar surface area (TPSA) is 56.7 Å². The van der Waals surface area contributed by atoms with Crippen molar-refractivity contribution in [3.63, 3.8) is 0 Å². The number of nitrogens with zero attached hydrogens (tertiary/aromatic N) is 3. The van der Waals surface area contributed by atoms with Gasteiger partial charge in [-0.2, -0.15) is 0 Å². The fraction of sp³-hybridized carbons (Fsp3) is 0.474. The van der Waals surface area contributed by atoms with E-state index in [0.29, 0.717) is 25.0 Å². The summed E-state index contributed by atoms with van der Waals surface area (Å²) in [7, 11) is 0. The SMILES string of the molecule is CCCC(CCC)c1ccc(N(Cc2ccc(-c3ccc(CN(CC(=O)O)Cc4nc(C(C)(C)C)cs4)s3)cc2)C(C)C)cc1. The fourth-order valence-corrected chi connectivity index (χ4v) is 7.89. The zero-order chi connectivity index (χ0) is 32.6. The smallest absolute Gasteiger partial charge is 0.317 e. The van der Waals surface area contributed by atoms with Crippen molar-refractivity contribution in [1.82, 2.24) is 9.88 Å². The molecular weight excluding hydrogens is 595 g/mol. The maximum absolute atomic E-state index is 11.7. The summed E-state index contributed by atoms with van der Waals surface area (Å²) in [6, 6.07) is 22.9. The molecule has 2 heterocycles. The Morgan fingerprint density at radius 2 is 1.56 bits per heavy atom. The van der Waals surface area contributed by atoms with Crippen molar-refractivity contribution in [2.24, 2.45) is 0 Å². The van der Waals surface area contributed by atoms with Gasteiger partial charge in [0, 0.05) is 45.4 Å². The Morgan fingerprint density at radius 3 is 2.11 bits per heavy atom. The highest BCUT2D eigenvalue weighted by Gasteiger charge is 2.20. The highest BCUT2D eigenvalue weighted by molar-refractivity contribution is 7.15. The molecule has 0 atom stereocenters. The summed E-state index contributed by atoms with van der Waals surface area (Å²) in [5.74, 6) is -0.162. The predicted molar refractivity (Wildman–Crippen MR) is 193 cm³/mol. The Bertz CT molecular complexity index is 1480. The third-order valence-corrected chi connectivity index (χ3v) is 10.2. The number of carboxylic acid groups (broad SMARTS) is 1. The maximum atomic E-state index is 11.7. The molecule has 0 spiro atoms. The van der Waals surface area contributed by atoms with Gasteiger partial charge in [0.2, 0.25) is 0 Å². The molecular formula is C38H51N3O2S2. The molecule has 4 rings (SSSR count). The van der Waals surface area contributed by atoms with E-state index in [1.54, 1.807) is 22.7 Å². The third kappa shape index (κ3) is 9.99. The number of rotatable bonds is 16. The number of carbonyl (C=O) groups is 1. The predicted octanol–water partition coefficient (Wildman–Crippen LogP) is 10.4. The summed E-state index contributed by atoms with van der Waals surface area (Å²) in [6.45, 7) is 17.5. The van der Waals surface area contributed by atoms with E-state index in [2.05, 4.69) is 119 Å². The van der Waals surface area contributed by atoms with Gasteiger partial charge in [-0.1, -0.05) is 83.9 Å². The number of carboxylic acids is 1. The molecule has 0 saturated heterocycles. The molecule has 0 radical (unpaired) electrons. The van der Waals surface area contributed by atoms with E-state index < -0.39 is 5.97 Å². The summed E-state index contributed by atoms with van der Waals surface area (Å²) in [5.41, 5.74) is 6.24. The van der Waals surface area contributed by atoms with Gasteiger partial charge in [0.15, 0.2) is 0 Å². The Hall–Kier alpha value is -3.00. The zero-order valence-electron chi connectivity index (χ0n) is 28.2. The molecule has 0 fully saturated rings. The van der Waals surface area contributed by atoms with Gasteiger partial charge in [0.1, 0.15) is 5.01 Å². The van der Waals surface area contributed by atoms with Gasteiger partial charge in [-0.3, -0.25) is 9.69 Å². The second-order valence-electron chi connectivity index (χ2n) is 13.5. The van der Waals surface area contributed by atoms with Crippen molar-refractivity contribution in [3.05, 3.63) is 92.7 Å². The number of hydrogen-bond acceptors (Lipinski definition) is 6. The zero-order valence-corrected chi connectivity index (χ0v) is 29.8. The van der Waals surface area contributed by atoms with Gasteiger partial charge >= 0.3 is 5.97 Å². The van der Waals surface area contributed by atoms with E-state index in [4.69, 9.17) is 4.98 Å². The van der Waals surface area contributed by atoms with E-state index in [1.165, 1.54) is 52.9 Å². The minimum Gasteiger partial charge on any atom is -0.480 e. The fourth-order valence-electron chi connectivity index (χ4n) is 5.77. The standard InChI is InChI=1S/C38H51N3O2S2/c1-8-10-29(11-9-2)30-16-18-32(19-17-30)41(27(3)4)22-28-12-14-31(15-13-28)34-21-20-33(45-34)23-40(25-37(42)43)24-36-39-35(26-44-36)38(5,6)7/h12-21,26-27,29H,8-11,22-25H2,1-7H3,(H,42,43). The van der Waals surface area contributed by atoms with Crippen LogP contribution in [0.4, 0.5) is 5.69 Å². The number of aliphatic carboxylic acids is 1. The Balaban J connectivity index is 1.42. The lowest BCUT2D eigenvalue weighted by molar-refractivity contribution is -0.138. The largest absolute Gasteiger partial charge is 0.480 e. The Morgan fingerprint density at radius 1 is 0.889 bits per heavy atom. The van der Waals surface area contributed by atoms with Crippen LogP contribution in [0.3, 0.4) is 0 Å². The molecule has 2 aromatic heterocycles. The van der Waals surface area contributed by atoms with Gasteiger partial charge in [-0.25, -0.2) is 4.98 Å². The van der Waals surface area contributed by atoms with E-state index in [1.807, 2.05) is 4.90 Å². The highest BCUT2D eigenvalue weighted by atomic mass is 32.1. The van der Waals surface area contributed by atoms with Crippen molar-refractivity contribution >= 4 is 34.3 Å². The Kier molecular flexibility index (Phi) is 12.4. The van der Waals surface area contributed by atoms with Gasteiger partial charge in [0.25, 0.3) is 0 Å². The summed E-state index contributed by atoms with van der Waals surface area (Å²) in [4.78, 5) is 23.2. The van der Waals surface area contributed by atoms with Crippen molar-refractivity contribution < 1.29 is 9.90 Å². The van der Waals surface area contributed by atoms with Crippen LogP contribution in [-0.4, -0.2) is 33.5 Å². The third-order valence-electron chi connectivity index (χ3n) is 8.26. The molecule has 0 bridgehead atoms. The average molecular weight is 646 g/mol. The van der Waals surface area contributed by atoms with Crippen LogP contribution in [0.25, 0.3) is 10.4 Å². The maximum Gasteiger partial charge on any atom is 0.317 e.